The molecule has 3 rings (SSSR count). The third-order valence-electron chi connectivity index (χ3n) is 4.13. The zero-order valence-corrected chi connectivity index (χ0v) is 15.6. The number of ether oxygens (including phenoxy) is 2. The molecule has 8 heteroatoms. The third kappa shape index (κ3) is 4.12. The molecular formula is C20H21FN4O3. The van der Waals surface area contributed by atoms with Gasteiger partial charge in [-0.1, -0.05) is 0 Å². The molecule has 0 unspecified atom stereocenters. The Kier molecular flexibility index (Phi) is 5.90. The predicted octanol–water partition coefficient (Wildman–Crippen LogP) is 2.82. The average molecular weight is 384 g/mol. The Hall–Kier alpha value is -3.39. The number of halogens is 1. The van der Waals surface area contributed by atoms with Crippen molar-refractivity contribution in [3.8, 4) is 22.8 Å². The molecule has 3 aromatic rings. The second kappa shape index (κ2) is 8.53. The van der Waals surface area contributed by atoms with E-state index in [9.17, 15) is 9.18 Å². The summed E-state index contributed by atoms with van der Waals surface area (Å²) in [6.07, 6.45) is 1.67. The lowest BCUT2D eigenvalue weighted by Crippen LogP contribution is -2.14. The van der Waals surface area contributed by atoms with Crippen LogP contribution in [0, 0.1) is 5.82 Å². The van der Waals surface area contributed by atoms with Crippen molar-refractivity contribution in [3.05, 3.63) is 60.0 Å². The first-order chi connectivity index (χ1) is 13.5. The molecule has 0 aliphatic rings. The largest absolute Gasteiger partial charge is 0.497 e. The molecule has 0 aliphatic heterocycles. The summed E-state index contributed by atoms with van der Waals surface area (Å²) in [5.41, 5.74) is 7.49. The Morgan fingerprint density at radius 3 is 2.71 bits per heavy atom. The highest BCUT2D eigenvalue weighted by atomic mass is 19.1. The summed E-state index contributed by atoms with van der Waals surface area (Å²) in [6, 6.07) is 11.1. The zero-order chi connectivity index (χ0) is 20.1. The van der Waals surface area contributed by atoms with Crippen LogP contribution in [0.4, 0.5) is 10.1 Å². The molecule has 0 bridgehead atoms. The minimum Gasteiger partial charge on any atom is -0.497 e. The highest BCUT2D eigenvalue weighted by molar-refractivity contribution is 6.04. The monoisotopic (exact) mass is 384 g/mol. The van der Waals surface area contributed by atoms with Crippen LogP contribution in [0.15, 0.2) is 48.7 Å². The van der Waals surface area contributed by atoms with Crippen LogP contribution < -0.4 is 20.5 Å². The molecule has 0 spiro atoms. The standard InChI is InChI=1S/C20H21FN4O3/c1-25-18(7-9-23-25)16-11-13(3-6-19(16)28-10-8-22)24-20(26)15-5-4-14(27-2)12-17(15)21/h3-7,9,11-12H,8,10,22H2,1-2H3,(H,24,26). The van der Waals surface area contributed by atoms with Crippen molar-refractivity contribution in [1.29, 1.82) is 0 Å². The van der Waals surface area contributed by atoms with Crippen molar-refractivity contribution < 1.29 is 18.7 Å². The van der Waals surface area contributed by atoms with Gasteiger partial charge in [-0.05, 0) is 36.4 Å². The van der Waals surface area contributed by atoms with Crippen LogP contribution in [-0.2, 0) is 7.05 Å². The van der Waals surface area contributed by atoms with E-state index in [1.54, 1.807) is 36.1 Å². The SMILES string of the molecule is COc1ccc(C(=O)Nc2ccc(OCCN)c(-c3ccnn3C)c2)c(F)c1. The summed E-state index contributed by atoms with van der Waals surface area (Å²) in [7, 11) is 3.24. The van der Waals surface area contributed by atoms with Crippen molar-refractivity contribution in [3.63, 3.8) is 0 Å². The maximum Gasteiger partial charge on any atom is 0.258 e. The molecule has 0 saturated heterocycles. The Bertz CT molecular complexity index is 987. The van der Waals surface area contributed by atoms with Crippen LogP contribution in [0.3, 0.4) is 0 Å². The Balaban J connectivity index is 1.90. The van der Waals surface area contributed by atoms with Gasteiger partial charge in [-0.25, -0.2) is 4.39 Å². The molecule has 0 aliphatic carbocycles. The van der Waals surface area contributed by atoms with Crippen molar-refractivity contribution in [2.75, 3.05) is 25.6 Å². The lowest BCUT2D eigenvalue weighted by atomic mass is 10.1. The van der Waals surface area contributed by atoms with Gasteiger partial charge < -0.3 is 20.5 Å². The number of aryl methyl sites for hydroxylation is 1. The number of aromatic nitrogens is 2. The second-order valence-corrected chi connectivity index (χ2v) is 5.99. The first-order valence-electron chi connectivity index (χ1n) is 8.63. The van der Waals surface area contributed by atoms with Gasteiger partial charge in [-0.2, -0.15) is 5.10 Å². The van der Waals surface area contributed by atoms with Gasteiger partial charge in [0.25, 0.3) is 5.91 Å². The van der Waals surface area contributed by atoms with E-state index < -0.39 is 11.7 Å². The minimum absolute atomic E-state index is 0.0775. The summed E-state index contributed by atoms with van der Waals surface area (Å²) in [5.74, 6) is -0.269. The number of carbonyl (C=O) groups excluding carboxylic acids is 1. The first kappa shape index (κ1) is 19.4. The number of benzene rings is 2. The van der Waals surface area contributed by atoms with Crippen molar-refractivity contribution in [2.45, 2.75) is 0 Å². The summed E-state index contributed by atoms with van der Waals surface area (Å²) in [4.78, 5) is 12.5. The molecule has 1 heterocycles. The van der Waals surface area contributed by atoms with E-state index in [0.717, 1.165) is 11.3 Å². The lowest BCUT2D eigenvalue weighted by molar-refractivity contribution is 0.102. The molecule has 1 amide bonds. The molecule has 1 aromatic heterocycles. The second-order valence-electron chi connectivity index (χ2n) is 5.99. The third-order valence-corrected chi connectivity index (χ3v) is 4.13. The fourth-order valence-electron chi connectivity index (χ4n) is 2.75. The fourth-order valence-corrected chi connectivity index (χ4v) is 2.75. The maximum absolute atomic E-state index is 14.2. The Morgan fingerprint density at radius 1 is 1.25 bits per heavy atom. The van der Waals surface area contributed by atoms with Crippen LogP contribution in [0.2, 0.25) is 0 Å². The molecule has 146 valence electrons. The van der Waals surface area contributed by atoms with Crippen LogP contribution in [0.25, 0.3) is 11.3 Å². The summed E-state index contributed by atoms with van der Waals surface area (Å²) >= 11 is 0. The molecule has 3 N–H and O–H groups in total. The summed E-state index contributed by atoms with van der Waals surface area (Å²) in [5, 5.41) is 6.88. The van der Waals surface area contributed by atoms with Crippen molar-refractivity contribution in [1.82, 2.24) is 9.78 Å². The number of amides is 1. The zero-order valence-electron chi connectivity index (χ0n) is 15.6. The smallest absolute Gasteiger partial charge is 0.258 e. The van der Waals surface area contributed by atoms with Crippen LogP contribution in [-0.4, -0.2) is 35.9 Å². The quantitative estimate of drug-likeness (QED) is 0.654. The van der Waals surface area contributed by atoms with E-state index in [-0.39, 0.29) is 5.56 Å². The van der Waals surface area contributed by atoms with Gasteiger partial charge in [-0.3, -0.25) is 9.48 Å². The van der Waals surface area contributed by atoms with E-state index in [4.69, 9.17) is 15.2 Å². The van der Waals surface area contributed by atoms with Crippen LogP contribution in [0.5, 0.6) is 11.5 Å². The number of hydrogen-bond acceptors (Lipinski definition) is 5. The number of nitrogens with zero attached hydrogens (tertiary/aromatic N) is 2. The molecule has 0 saturated carbocycles. The number of carbonyl (C=O) groups is 1. The van der Waals surface area contributed by atoms with Gasteiger partial charge in [0, 0.05) is 37.1 Å². The van der Waals surface area contributed by atoms with E-state index >= 15 is 0 Å². The number of nitrogens with one attached hydrogen (secondary N) is 1. The van der Waals surface area contributed by atoms with E-state index in [1.165, 1.54) is 25.3 Å². The van der Waals surface area contributed by atoms with E-state index in [2.05, 4.69) is 10.4 Å². The van der Waals surface area contributed by atoms with Gasteiger partial charge in [0.05, 0.1) is 18.4 Å². The fraction of sp³-hybridized carbons (Fsp3) is 0.200. The normalized spacial score (nSPS) is 10.6. The number of nitrogens with two attached hydrogens (primary N) is 1. The molecule has 7 nitrogen and oxygen atoms in total. The van der Waals surface area contributed by atoms with Gasteiger partial charge in [0.1, 0.15) is 23.9 Å². The lowest BCUT2D eigenvalue weighted by Gasteiger charge is -2.14. The van der Waals surface area contributed by atoms with E-state index in [1.807, 2.05) is 6.07 Å². The molecule has 0 fully saturated rings. The van der Waals surface area contributed by atoms with Gasteiger partial charge >= 0.3 is 0 Å². The molecular weight excluding hydrogens is 363 g/mol. The number of rotatable bonds is 7. The first-order valence-corrected chi connectivity index (χ1v) is 8.63. The van der Waals surface area contributed by atoms with Crippen LogP contribution in [0.1, 0.15) is 10.4 Å². The van der Waals surface area contributed by atoms with E-state index in [0.29, 0.717) is 30.3 Å². The summed E-state index contributed by atoms with van der Waals surface area (Å²) in [6.45, 7) is 0.730. The number of methoxy groups -OCH3 is 1. The number of anilines is 1. The molecule has 2 aromatic carbocycles. The van der Waals surface area contributed by atoms with Crippen LogP contribution >= 0.6 is 0 Å². The molecule has 0 atom stereocenters. The minimum atomic E-state index is -0.661. The molecule has 0 radical (unpaired) electrons. The predicted molar refractivity (Wildman–Crippen MR) is 104 cm³/mol. The van der Waals surface area contributed by atoms with Gasteiger partial charge in [-0.15, -0.1) is 0 Å². The Morgan fingerprint density at radius 2 is 2.07 bits per heavy atom. The highest BCUT2D eigenvalue weighted by Crippen LogP contribution is 2.32. The Labute approximate surface area is 161 Å². The number of hydrogen-bond donors (Lipinski definition) is 2. The van der Waals surface area contributed by atoms with Crippen molar-refractivity contribution >= 4 is 11.6 Å². The van der Waals surface area contributed by atoms with Gasteiger partial charge in [0.2, 0.25) is 0 Å². The maximum atomic E-state index is 14.2. The average Bonchev–Trinajstić information content (AvgIpc) is 3.12. The highest BCUT2D eigenvalue weighted by Gasteiger charge is 2.16. The topological polar surface area (TPSA) is 91.4 Å². The van der Waals surface area contributed by atoms with Gasteiger partial charge in [0.15, 0.2) is 0 Å². The van der Waals surface area contributed by atoms with Crippen molar-refractivity contribution in [2.24, 2.45) is 12.8 Å². The summed E-state index contributed by atoms with van der Waals surface area (Å²) < 4.78 is 26.5. The molecule has 28 heavy (non-hydrogen) atoms.